The second-order valence-corrected chi connectivity index (χ2v) is 6.30. The Balaban J connectivity index is 1.69. The Bertz CT molecular complexity index is 601. The van der Waals surface area contributed by atoms with Gasteiger partial charge in [0.15, 0.2) is 0 Å². The number of ether oxygens (including phenoxy) is 2. The van der Waals surface area contributed by atoms with Crippen molar-refractivity contribution in [1.29, 1.82) is 0 Å². The standard InChI is InChI=1S/C18H21NO3S/c1-14(23-17-10-8-15(21-2)9-11-17)18(20)19-12-13-22-16-6-4-3-5-7-16/h3-11,14H,12-13H2,1-2H3,(H,19,20). The average Bonchev–Trinajstić information content (AvgIpc) is 2.60. The van der Waals surface area contributed by atoms with Crippen LogP contribution in [0, 0.1) is 0 Å². The van der Waals surface area contributed by atoms with E-state index in [9.17, 15) is 4.79 Å². The number of nitrogens with one attached hydrogen (secondary N) is 1. The van der Waals surface area contributed by atoms with E-state index in [0.29, 0.717) is 13.2 Å². The molecule has 0 spiro atoms. The van der Waals surface area contributed by atoms with Crippen LogP contribution in [-0.4, -0.2) is 31.4 Å². The van der Waals surface area contributed by atoms with Crippen molar-refractivity contribution in [1.82, 2.24) is 5.32 Å². The molecule has 0 fully saturated rings. The fraction of sp³-hybridized carbons (Fsp3) is 0.278. The molecule has 0 heterocycles. The molecule has 2 aromatic carbocycles. The number of carbonyl (C=O) groups excluding carboxylic acids is 1. The second kappa shape index (κ2) is 9.10. The zero-order chi connectivity index (χ0) is 16.5. The maximum Gasteiger partial charge on any atom is 0.233 e. The molecule has 2 aromatic rings. The molecule has 0 radical (unpaired) electrons. The molecule has 23 heavy (non-hydrogen) atoms. The molecule has 0 aliphatic rings. The molecule has 0 aliphatic heterocycles. The Morgan fingerprint density at radius 3 is 2.43 bits per heavy atom. The van der Waals surface area contributed by atoms with Gasteiger partial charge in [-0.05, 0) is 43.3 Å². The van der Waals surface area contributed by atoms with Gasteiger partial charge in [-0.3, -0.25) is 4.79 Å². The summed E-state index contributed by atoms with van der Waals surface area (Å²) >= 11 is 1.52. The van der Waals surface area contributed by atoms with Gasteiger partial charge in [0.1, 0.15) is 18.1 Å². The van der Waals surface area contributed by atoms with E-state index in [1.165, 1.54) is 11.8 Å². The van der Waals surface area contributed by atoms with Crippen LogP contribution in [0.25, 0.3) is 0 Å². The first-order valence-corrected chi connectivity index (χ1v) is 8.33. The lowest BCUT2D eigenvalue weighted by Crippen LogP contribution is -2.33. The molecule has 1 unspecified atom stereocenters. The van der Waals surface area contributed by atoms with Crippen LogP contribution in [-0.2, 0) is 4.79 Å². The SMILES string of the molecule is COc1ccc(SC(C)C(=O)NCCOc2ccccc2)cc1. The fourth-order valence-electron chi connectivity index (χ4n) is 1.92. The molecule has 2 rings (SSSR count). The van der Waals surface area contributed by atoms with Crippen molar-refractivity contribution >= 4 is 17.7 Å². The van der Waals surface area contributed by atoms with Crippen molar-refractivity contribution in [2.24, 2.45) is 0 Å². The van der Waals surface area contributed by atoms with E-state index >= 15 is 0 Å². The number of hydrogen-bond acceptors (Lipinski definition) is 4. The van der Waals surface area contributed by atoms with E-state index in [4.69, 9.17) is 9.47 Å². The molecule has 5 heteroatoms. The number of amides is 1. The molecule has 0 saturated heterocycles. The Hall–Kier alpha value is -2.14. The molecule has 0 saturated carbocycles. The highest BCUT2D eigenvalue weighted by molar-refractivity contribution is 8.00. The minimum Gasteiger partial charge on any atom is -0.497 e. The van der Waals surface area contributed by atoms with Crippen LogP contribution in [0.15, 0.2) is 59.5 Å². The zero-order valence-electron chi connectivity index (χ0n) is 13.3. The zero-order valence-corrected chi connectivity index (χ0v) is 14.1. The molecular formula is C18H21NO3S. The first-order chi connectivity index (χ1) is 11.2. The summed E-state index contributed by atoms with van der Waals surface area (Å²) in [6.45, 7) is 2.83. The summed E-state index contributed by atoms with van der Waals surface area (Å²) in [4.78, 5) is 13.1. The number of methoxy groups -OCH3 is 1. The fourth-order valence-corrected chi connectivity index (χ4v) is 2.81. The van der Waals surface area contributed by atoms with E-state index in [1.54, 1.807) is 7.11 Å². The van der Waals surface area contributed by atoms with Crippen molar-refractivity contribution in [2.45, 2.75) is 17.1 Å². The van der Waals surface area contributed by atoms with Crippen molar-refractivity contribution in [2.75, 3.05) is 20.3 Å². The van der Waals surface area contributed by atoms with E-state index < -0.39 is 0 Å². The third kappa shape index (κ3) is 5.87. The van der Waals surface area contributed by atoms with Crippen LogP contribution in [0.5, 0.6) is 11.5 Å². The highest BCUT2D eigenvalue weighted by Gasteiger charge is 2.13. The lowest BCUT2D eigenvalue weighted by atomic mass is 10.3. The maximum absolute atomic E-state index is 12.1. The summed E-state index contributed by atoms with van der Waals surface area (Å²) in [6.07, 6.45) is 0. The normalized spacial score (nSPS) is 11.6. The monoisotopic (exact) mass is 331 g/mol. The Labute approximate surface area is 141 Å². The summed E-state index contributed by atoms with van der Waals surface area (Å²) in [5.41, 5.74) is 0. The van der Waals surface area contributed by atoms with Crippen LogP contribution >= 0.6 is 11.8 Å². The summed E-state index contributed by atoms with van der Waals surface area (Å²) in [5.74, 6) is 1.62. The first-order valence-electron chi connectivity index (χ1n) is 7.45. The molecule has 0 aliphatic carbocycles. The molecule has 0 bridgehead atoms. The molecule has 0 aromatic heterocycles. The third-order valence-corrected chi connectivity index (χ3v) is 4.27. The van der Waals surface area contributed by atoms with Gasteiger partial charge in [-0.1, -0.05) is 18.2 Å². The minimum atomic E-state index is -0.167. The van der Waals surface area contributed by atoms with Crippen molar-refractivity contribution in [3.63, 3.8) is 0 Å². The number of rotatable bonds is 8. The number of benzene rings is 2. The number of hydrogen-bond donors (Lipinski definition) is 1. The summed E-state index contributed by atoms with van der Waals surface area (Å²) < 4.78 is 10.7. The number of carbonyl (C=O) groups is 1. The minimum absolute atomic E-state index is 0.00230. The smallest absolute Gasteiger partial charge is 0.233 e. The van der Waals surface area contributed by atoms with Gasteiger partial charge in [-0.2, -0.15) is 0 Å². The predicted octanol–water partition coefficient (Wildman–Crippen LogP) is 3.37. The van der Waals surface area contributed by atoms with Gasteiger partial charge in [0.2, 0.25) is 5.91 Å². The van der Waals surface area contributed by atoms with Gasteiger partial charge in [-0.25, -0.2) is 0 Å². The summed E-state index contributed by atoms with van der Waals surface area (Å²) in [6, 6.07) is 17.2. The largest absolute Gasteiger partial charge is 0.497 e. The molecule has 1 amide bonds. The average molecular weight is 331 g/mol. The second-order valence-electron chi connectivity index (χ2n) is 4.89. The van der Waals surface area contributed by atoms with Crippen LogP contribution in [0.3, 0.4) is 0 Å². The van der Waals surface area contributed by atoms with Gasteiger partial charge in [0, 0.05) is 4.90 Å². The van der Waals surface area contributed by atoms with Gasteiger partial charge in [0.05, 0.1) is 18.9 Å². The van der Waals surface area contributed by atoms with Gasteiger partial charge >= 0.3 is 0 Å². The van der Waals surface area contributed by atoms with Crippen LogP contribution < -0.4 is 14.8 Å². The van der Waals surface area contributed by atoms with Gasteiger partial charge in [-0.15, -0.1) is 11.8 Å². The van der Waals surface area contributed by atoms with E-state index in [1.807, 2.05) is 61.5 Å². The van der Waals surface area contributed by atoms with Crippen LogP contribution in [0.1, 0.15) is 6.92 Å². The van der Waals surface area contributed by atoms with Gasteiger partial charge in [0.25, 0.3) is 0 Å². The Morgan fingerprint density at radius 1 is 1.09 bits per heavy atom. The summed E-state index contributed by atoms with van der Waals surface area (Å²) in [5, 5.41) is 2.72. The molecule has 122 valence electrons. The molecule has 1 N–H and O–H groups in total. The maximum atomic E-state index is 12.1. The van der Waals surface area contributed by atoms with Crippen LogP contribution in [0.4, 0.5) is 0 Å². The van der Waals surface area contributed by atoms with Crippen molar-refractivity contribution < 1.29 is 14.3 Å². The van der Waals surface area contributed by atoms with E-state index in [0.717, 1.165) is 16.4 Å². The highest BCUT2D eigenvalue weighted by Crippen LogP contribution is 2.25. The van der Waals surface area contributed by atoms with E-state index in [-0.39, 0.29) is 11.2 Å². The molecular weight excluding hydrogens is 310 g/mol. The topological polar surface area (TPSA) is 47.6 Å². The molecule has 4 nitrogen and oxygen atoms in total. The van der Waals surface area contributed by atoms with Crippen molar-refractivity contribution in [3.05, 3.63) is 54.6 Å². The number of thioether (sulfide) groups is 1. The number of para-hydroxylation sites is 1. The molecule has 1 atom stereocenters. The predicted molar refractivity (Wildman–Crippen MR) is 93.3 cm³/mol. The third-order valence-electron chi connectivity index (χ3n) is 3.15. The highest BCUT2D eigenvalue weighted by atomic mass is 32.2. The van der Waals surface area contributed by atoms with E-state index in [2.05, 4.69) is 5.32 Å². The Kier molecular flexibility index (Phi) is 6.81. The lowest BCUT2D eigenvalue weighted by Gasteiger charge is -2.12. The summed E-state index contributed by atoms with van der Waals surface area (Å²) in [7, 11) is 1.63. The quantitative estimate of drug-likeness (QED) is 0.595. The first kappa shape index (κ1) is 17.2. The van der Waals surface area contributed by atoms with Gasteiger partial charge < -0.3 is 14.8 Å². The lowest BCUT2D eigenvalue weighted by molar-refractivity contribution is -0.120. The Morgan fingerprint density at radius 2 is 1.78 bits per heavy atom. The van der Waals surface area contributed by atoms with Crippen LogP contribution in [0.2, 0.25) is 0 Å². The van der Waals surface area contributed by atoms with Crippen molar-refractivity contribution in [3.8, 4) is 11.5 Å².